The standard InChI is InChI=1S/C15H30/c1-7-15(6)9-8-13(11(2)3)10-14(15)12(4)5/h11-14H,7-10H2,1-6H3/t13-,14+,15-/m0/s1. The second kappa shape index (κ2) is 4.89. The summed E-state index contributed by atoms with van der Waals surface area (Å²) in [5, 5.41) is 0. The minimum atomic E-state index is 0.625. The van der Waals surface area contributed by atoms with Crippen LogP contribution in [0.4, 0.5) is 0 Å². The highest BCUT2D eigenvalue weighted by molar-refractivity contribution is 4.90. The normalized spacial score (nSPS) is 37.6. The average Bonchev–Trinajstić information content (AvgIpc) is 2.17. The molecule has 3 atom stereocenters. The van der Waals surface area contributed by atoms with E-state index >= 15 is 0 Å². The van der Waals surface area contributed by atoms with E-state index in [-0.39, 0.29) is 0 Å². The lowest BCUT2D eigenvalue weighted by Gasteiger charge is -2.47. The fraction of sp³-hybridized carbons (Fsp3) is 1.00. The molecule has 0 aromatic carbocycles. The SMILES string of the molecule is CC[C@@]1(C)CC[C@H](C(C)C)C[C@@H]1C(C)C. The van der Waals surface area contributed by atoms with Gasteiger partial charge in [-0.15, -0.1) is 0 Å². The summed E-state index contributed by atoms with van der Waals surface area (Å²) in [5.41, 5.74) is 0.625. The van der Waals surface area contributed by atoms with Crippen molar-refractivity contribution in [2.75, 3.05) is 0 Å². The first kappa shape index (κ1) is 13.1. The highest BCUT2D eigenvalue weighted by Gasteiger charge is 2.40. The molecule has 1 fully saturated rings. The fourth-order valence-electron chi connectivity index (χ4n) is 3.55. The van der Waals surface area contributed by atoms with Crippen LogP contribution in [0.1, 0.15) is 67.2 Å². The molecule has 0 unspecified atom stereocenters. The van der Waals surface area contributed by atoms with Crippen LogP contribution in [0, 0.1) is 29.1 Å². The highest BCUT2D eigenvalue weighted by atomic mass is 14.5. The molecule has 0 aromatic rings. The molecule has 0 aromatic heterocycles. The van der Waals surface area contributed by atoms with Crippen molar-refractivity contribution in [2.45, 2.75) is 67.2 Å². The van der Waals surface area contributed by atoms with Crippen LogP contribution in [-0.4, -0.2) is 0 Å². The molecule has 1 aliphatic rings. The van der Waals surface area contributed by atoms with E-state index in [2.05, 4.69) is 41.5 Å². The molecule has 1 aliphatic carbocycles. The smallest absolute Gasteiger partial charge is 0.0298 e. The molecular weight excluding hydrogens is 180 g/mol. The lowest BCUT2D eigenvalue weighted by atomic mass is 9.58. The molecule has 0 heterocycles. The molecule has 1 rings (SSSR count). The molecule has 0 N–H and O–H groups in total. The molecule has 0 aliphatic heterocycles. The van der Waals surface area contributed by atoms with Crippen molar-refractivity contribution in [3.05, 3.63) is 0 Å². The lowest BCUT2D eigenvalue weighted by Crippen LogP contribution is -2.38. The Hall–Kier alpha value is 0. The summed E-state index contributed by atoms with van der Waals surface area (Å²) in [6, 6.07) is 0. The summed E-state index contributed by atoms with van der Waals surface area (Å²) < 4.78 is 0. The maximum absolute atomic E-state index is 2.52. The Labute approximate surface area is 96.8 Å². The molecule has 0 saturated heterocycles. The number of rotatable bonds is 3. The van der Waals surface area contributed by atoms with Crippen molar-refractivity contribution in [1.82, 2.24) is 0 Å². The fourth-order valence-corrected chi connectivity index (χ4v) is 3.55. The monoisotopic (exact) mass is 210 g/mol. The summed E-state index contributed by atoms with van der Waals surface area (Å²) in [6.07, 6.45) is 5.75. The first-order valence-electron chi connectivity index (χ1n) is 6.90. The predicted octanol–water partition coefficient (Wildman–Crippen LogP) is 5.13. The van der Waals surface area contributed by atoms with Crippen molar-refractivity contribution in [2.24, 2.45) is 29.1 Å². The van der Waals surface area contributed by atoms with Crippen molar-refractivity contribution in [3.63, 3.8) is 0 Å². The zero-order valence-electron chi connectivity index (χ0n) is 11.6. The summed E-state index contributed by atoms with van der Waals surface area (Å²) >= 11 is 0. The molecule has 0 radical (unpaired) electrons. The Morgan fingerprint density at radius 3 is 2.13 bits per heavy atom. The molecule has 1 saturated carbocycles. The Bertz CT molecular complexity index is 192. The van der Waals surface area contributed by atoms with Gasteiger partial charge in [-0.1, -0.05) is 48.0 Å². The van der Waals surface area contributed by atoms with Gasteiger partial charge in [-0.3, -0.25) is 0 Å². The molecule has 90 valence electrons. The molecular formula is C15H30. The van der Waals surface area contributed by atoms with E-state index in [0.29, 0.717) is 5.41 Å². The van der Waals surface area contributed by atoms with Gasteiger partial charge >= 0.3 is 0 Å². The summed E-state index contributed by atoms with van der Waals surface area (Å²) in [6.45, 7) is 14.5. The minimum Gasteiger partial charge on any atom is -0.0649 e. The van der Waals surface area contributed by atoms with E-state index in [4.69, 9.17) is 0 Å². The maximum atomic E-state index is 2.52. The molecule has 0 heteroatoms. The van der Waals surface area contributed by atoms with Gasteiger partial charge in [-0.2, -0.15) is 0 Å². The zero-order valence-corrected chi connectivity index (χ0v) is 11.6. The van der Waals surface area contributed by atoms with Gasteiger partial charge in [0.25, 0.3) is 0 Å². The van der Waals surface area contributed by atoms with E-state index < -0.39 is 0 Å². The van der Waals surface area contributed by atoms with Crippen LogP contribution < -0.4 is 0 Å². The van der Waals surface area contributed by atoms with E-state index in [9.17, 15) is 0 Å². The van der Waals surface area contributed by atoms with Crippen LogP contribution in [0.5, 0.6) is 0 Å². The van der Waals surface area contributed by atoms with Crippen molar-refractivity contribution in [3.8, 4) is 0 Å². The van der Waals surface area contributed by atoms with E-state index in [1.165, 1.54) is 25.7 Å². The summed E-state index contributed by atoms with van der Waals surface area (Å²) in [7, 11) is 0. The highest BCUT2D eigenvalue weighted by Crippen LogP contribution is 2.50. The molecule has 15 heavy (non-hydrogen) atoms. The largest absolute Gasteiger partial charge is 0.0649 e. The van der Waals surface area contributed by atoms with Crippen LogP contribution in [0.2, 0.25) is 0 Å². The second-order valence-corrected chi connectivity index (χ2v) is 6.64. The van der Waals surface area contributed by atoms with Crippen LogP contribution in [0.25, 0.3) is 0 Å². The van der Waals surface area contributed by atoms with E-state index in [0.717, 1.165) is 23.7 Å². The van der Waals surface area contributed by atoms with Crippen LogP contribution >= 0.6 is 0 Å². The number of hydrogen-bond acceptors (Lipinski definition) is 0. The molecule has 0 bridgehead atoms. The van der Waals surface area contributed by atoms with Crippen LogP contribution in [-0.2, 0) is 0 Å². The zero-order chi connectivity index (χ0) is 11.6. The van der Waals surface area contributed by atoms with Gasteiger partial charge in [-0.05, 0) is 48.3 Å². The van der Waals surface area contributed by atoms with Gasteiger partial charge in [0.05, 0.1) is 0 Å². The third-order valence-corrected chi connectivity index (χ3v) is 5.09. The lowest BCUT2D eigenvalue weighted by molar-refractivity contribution is 0.0292. The third kappa shape index (κ3) is 2.77. The van der Waals surface area contributed by atoms with Crippen molar-refractivity contribution >= 4 is 0 Å². The average molecular weight is 210 g/mol. The third-order valence-electron chi connectivity index (χ3n) is 5.09. The minimum absolute atomic E-state index is 0.625. The number of hydrogen-bond donors (Lipinski definition) is 0. The molecule has 0 amide bonds. The Kier molecular flexibility index (Phi) is 4.26. The first-order valence-corrected chi connectivity index (χ1v) is 6.90. The summed E-state index contributed by atoms with van der Waals surface area (Å²) in [5.74, 6) is 3.67. The summed E-state index contributed by atoms with van der Waals surface area (Å²) in [4.78, 5) is 0. The second-order valence-electron chi connectivity index (χ2n) is 6.64. The van der Waals surface area contributed by atoms with Gasteiger partial charge in [0.1, 0.15) is 0 Å². The van der Waals surface area contributed by atoms with Gasteiger partial charge in [0.2, 0.25) is 0 Å². The van der Waals surface area contributed by atoms with Gasteiger partial charge in [0.15, 0.2) is 0 Å². The van der Waals surface area contributed by atoms with E-state index in [1.807, 2.05) is 0 Å². The van der Waals surface area contributed by atoms with Gasteiger partial charge < -0.3 is 0 Å². The Balaban J connectivity index is 2.74. The predicted molar refractivity (Wildman–Crippen MR) is 68.9 cm³/mol. The van der Waals surface area contributed by atoms with Gasteiger partial charge in [-0.25, -0.2) is 0 Å². The van der Waals surface area contributed by atoms with Crippen molar-refractivity contribution < 1.29 is 0 Å². The maximum Gasteiger partial charge on any atom is -0.0298 e. The topological polar surface area (TPSA) is 0 Å². The Morgan fingerprint density at radius 2 is 1.73 bits per heavy atom. The first-order chi connectivity index (χ1) is 6.90. The molecule has 0 spiro atoms. The van der Waals surface area contributed by atoms with Crippen molar-refractivity contribution in [1.29, 1.82) is 0 Å². The van der Waals surface area contributed by atoms with Gasteiger partial charge in [0, 0.05) is 0 Å². The Morgan fingerprint density at radius 1 is 1.13 bits per heavy atom. The van der Waals surface area contributed by atoms with Crippen LogP contribution in [0.15, 0.2) is 0 Å². The molecule has 0 nitrogen and oxygen atoms in total. The van der Waals surface area contributed by atoms with E-state index in [1.54, 1.807) is 0 Å². The van der Waals surface area contributed by atoms with Crippen LogP contribution in [0.3, 0.4) is 0 Å². The quantitative estimate of drug-likeness (QED) is 0.605.